The van der Waals surface area contributed by atoms with E-state index in [2.05, 4.69) is 70.2 Å². The average molecular weight is 496 g/mol. The first kappa shape index (κ1) is 23.9. The summed E-state index contributed by atoms with van der Waals surface area (Å²) < 4.78 is 10.7. The lowest BCUT2D eigenvalue weighted by atomic mass is 9.85. The van der Waals surface area contributed by atoms with E-state index >= 15 is 0 Å². The number of hydrogen-bond acceptors (Lipinski definition) is 12. The fourth-order valence-corrected chi connectivity index (χ4v) is 3.27. The molecule has 0 saturated heterocycles. The number of hydrogen-bond donors (Lipinski definition) is 0. The van der Waals surface area contributed by atoms with Crippen LogP contribution >= 0.6 is 0 Å². The monoisotopic (exact) mass is 496 g/mol. The van der Waals surface area contributed by atoms with Gasteiger partial charge in [0.05, 0.1) is 5.56 Å². The molecule has 1 atom stereocenters. The maximum atomic E-state index is 12.8. The third-order valence-corrected chi connectivity index (χ3v) is 4.31. The Labute approximate surface area is 191 Å². The van der Waals surface area contributed by atoms with Crippen LogP contribution in [0.1, 0.15) is 36.6 Å². The lowest BCUT2D eigenvalue weighted by molar-refractivity contribution is -0.145. The smallest absolute Gasteiger partial charge is 0.355 e. The number of ether oxygens (including phenoxy) is 2. The fraction of sp³-hybridized carbons (Fsp3) is 0.182. The largest absolute Gasteiger partial charge is 0.445 e. The van der Waals surface area contributed by atoms with Crippen LogP contribution in [0.4, 0.5) is 0 Å². The van der Waals surface area contributed by atoms with Crippen LogP contribution in [-0.4, -0.2) is 23.8 Å². The van der Waals surface area contributed by atoms with Crippen LogP contribution in [0.2, 0.25) is 0 Å². The zero-order chi connectivity index (χ0) is 26.5. The summed E-state index contributed by atoms with van der Waals surface area (Å²) in [6.45, 7) is 0. The van der Waals surface area contributed by atoms with Gasteiger partial charge in [-0.1, -0.05) is 10.2 Å². The Bertz CT molecular complexity index is 1530. The van der Waals surface area contributed by atoms with Crippen molar-refractivity contribution in [3.8, 4) is 11.5 Å². The van der Waals surface area contributed by atoms with Crippen molar-refractivity contribution >= 4 is 17.8 Å². The van der Waals surface area contributed by atoms with E-state index in [-0.39, 0.29) is 0 Å². The van der Waals surface area contributed by atoms with Gasteiger partial charge >= 0.3 is 17.8 Å². The van der Waals surface area contributed by atoms with Gasteiger partial charge in [-0.15, -0.1) is 0 Å². The molecule has 0 saturated carbocycles. The standard InChI is InChI=1S/C11N18O7/c12-22-18-7(30)1-2(8(31)35-28-26-16)5-3(9(32)36-29-27-17)4-6(1)34-11(33-5,21-25-15)10(4,19-23-13)20-24-14. The molecule has 3 bridgehead atoms. The first-order valence-corrected chi connectivity index (χ1v) is 8.25. The maximum Gasteiger partial charge on any atom is 0.355 e. The summed E-state index contributed by atoms with van der Waals surface area (Å²) in [4.78, 5) is 60.5. The van der Waals surface area contributed by atoms with E-state index in [0.29, 0.717) is 0 Å². The molecule has 25 heteroatoms. The van der Waals surface area contributed by atoms with Crippen LogP contribution in [0.5, 0.6) is 11.5 Å². The van der Waals surface area contributed by atoms with Crippen molar-refractivity contribution in [2.75, 3.05) is 0 Å². The number of benzene rings is 1. The van der Waals surface area contributed by atoms with E-state index in [1.807, 2.05) is 0 Å². The zero-order valence-corrected chi connectivity index (χ0v) is 16.4. The Morgan fingerprint density at radius 2 is 1.19 bits per heavy atom. The summed E-state index contributed by atoms with van der Waals surface area (Å²) >= 11 is 0. The predicted octanol–water partition coefficient (Wildman–Crippen LogP) is 4.42. The summed E-state index contributed by atoms with van der Waals surface area (Å²) in [6.07, 6.45) is 0. The van der Waals surface area contributed by atoms with Crippen LogP contribution in [-0.2, 0) is 15.3 Å². The van der Waals surface area contributed by atoms with Gasteiger partial charge in [-0.3, -0.25) is 4.79 Å². The molecule has 176 valence electrons. The normalized spacial score (nSPS) is 19.0. The third kappa shape index (κ3) is 3.16. The number of nitrogens with zero attached hydrogens (tertiary/aromatic N) is 18. The quantitative estimate of drug-likeness (QED) is 0.215. The second-order valence-corrected chi connectivity index (χ2v) is 5.78. The van der Waals surface area contributed by atoms with E-state index in [1.54, 1.807) is 0 Å². The summed E-state index contributed by atoms with van der Waals surface area (Å²) in [5.41, 5.74) is 45.9. The Hall–Kier alpha value is -6.71. The van der Waals surface area contributed by atoms with Crippen molar-refractivity contribution in [3.63, 3.8) is 0 Å². The van der Waals surface area contributed by atoms with E-state index in [0.717, 1.165) is 0 Å². The molecule has 1 aromatic carbocycles. The van der Waals surface area contributed by atoms with E-state index in [9.17, 15) is 14.4 Å². The lowest BCUT2D eigenvalue weighted by Gasteiger charge is -2.37. The molecule has 0 N–H and O–H groups in total. The van der Waals surface area contributed by atoms with Gasteiger partial charge in [-0.2, -0.15) is 0 Å². The molecule has 2 heterocycles. The summed E-state index contributed by atoms with van der Waals surface area (Å²) in [7, 11) is 0. The van der Waals surface area contributed by atoms with Crippen molar-refractivity contribution in [1.82, 2.24) is 0 Å². The van der Waals surface area contributed by atoms with E-state index in [4.69, 9.17) is 42.7 Å². The molecule has 1 unspecified atom stereocenters. The van der Waals surface area contributed by atoms with Crippen molar-refractivity contribution in [2.45, 2.75) is 11.6 Å². The lowest BCUT2D eigenvalue weighted by Crippen LogP contribution is -2.54. The highest BCUT2D eigenvalue weighted by Gasteiger charge is 2.70. The van der Waals surface area contributed by atoms with Crippen molar-refractivity contribution in [2.24, 2.45) is 31.0 Å². The number of carbonyl (C=O) groups excluding carboxylic acids is 3. The molecule has 25 nitrogen and oxygen atoms in total. The molecule has 0 spiro atoms. The molecule has 36 heavy (non-hydrogen) atoms. The molecule has 0 fully saturated rings. The van der Waals surface area contributed by atoms with Gasteiger partial charge in [-0.05, 0) is 43.4 Å². The molecule has 3 rings (SSSR count). The Kier molecular flexibility index (Phi) is 6.01. The molecule has 0 aromatic heterocycles. The summed E-state index contributed by atoms with van der Waals surface area (Å²) in [6, 6.07) is 0. The van der Waals surface area contributed by atoms with Crippen LogP contribution in [0, 0.1) is 0 Å². The third-order valence-electron chi connectivity index (χ3n) is 4.31. The van der Waals surface area contributed by atoms with E-state index in [1.165, 1.54) is 0 Å². The van der Waals surface area contributed by atoms with E-state index < -0.39 is 63.2 Å². The van der Waals surface area contributed by atoms with Gasteiger partial charge < -0.3 is 19.1 Å². The SMILES string of the molecule is [N-]=[N+]=NOC(=O)c1c2c(C(=O)ON=[N+]=[N-])c3c(c1C(=O)N=[N+]=[N-])OC(N=[N+]=[N-])(O2)C3(N=[N+]=[N-])N=[N+]=[N-]. The Balaban J connectivity index is 2.67. The maximum absolute atomic E-state index is 12.8. The molecular formula is C11N18O7. The molecular weight excluding hydrogens is 496 g/mol. The number of carbonyl (C=O) groups is 3. The first-order chi connectivity index (χ1) is 17.3. The minimum absolute atomic E-state index is 0.887. The minimum atomic E-state index is -3.06. The van der Waals surface area contributed by atoms with Gasteiger partial charge in [0.1, 0.15) is 27.4 Å². The number of fused-ring (bicyclic) bond motifs is 2. The molecule has 0 radical (unpaired) electrons. The van der Waals surface area contributed by atoms with Crippen molar-refractivity contribution < 1.29 is 33.5 Å². The first-order valence-electron chi connectivity index (χ1n) is 8.25. The molecule has 2 aliphatic rings. The summed E-state index contributed by atoms with van der Waals surface area (Å²) in [5, 5.41) is 17.5. The Morgan fingerprint density at radius 1 is 0.667 bits per heavy atom. The average Bonchev–Trinajstić information content (AvgIpc) is 2.95. The number of azide groups is 5. The highest BCUT2D eigenvalue weighted by atomic mass is 16.7. The topological polar surface area (TPSA) is 381 Å². The Morgan fingerprint density at radius 3 is 1.69 bits per heavy atom. The summed E-state index contributed by atoms with van der Waals surface area (Å²) in [5.74, 6) is -10.2. The number of amides is 1. The molecule has 1 aromatic rings. The van der Waals surface area contributed by atoms with Crippen LogP contribution in [0.3, 0.4) is 0 Å². The van der Waals surface area contributed by atoms with Gasteiger partial charge in [0, 0.05) is 35.0 Å². The minimum Gasteiger partial charge on any atom is -0.445 e. The van der Waals surface area contributed by atoms with Crippen LogP contribution < -0.4 is 9.47 Å². The van der Waals surface area contributed by atoms with Gasteiger partial charge in [0.2, 0.25) is 5.66 Å². The zero-order valence-electron chi connectivity index (χ0n) is 16.4. The van der Waals surface area contributed by atoms with Gasteiger partial charge in [-0.25, -0.2) is 9.59 Å². The molecule has 0 aliphatic carbocycles. The molecule has 1 amide bonds. The van der Waals surface area contributed by atoms with Crippen molar-refractivity contribution in [1.29, 1.82) is 0 Å². The predicted molar refractivity (Wildman–Crippen MR) is 102 cm³/mol. The highest BCUT2D eigenvalue weighted by molar-refractivity contribution is 6.14. The molecule has 2 aliphatic heterocycles. The van der Waals surface area contributed by atoms with Gasteiger partial charge in [0.25, 0.3) is 5.91 Å². The highest BCUT2D eigenvalue weighted by Crippen LogP contribution is 2.62. The fourth-order valence-electron chi connectivity index (χ4n) is 3.27. The van der Waals surface area contributed by atoms with Crippen LogP contribution in [0.15, 0.2) is 31.0 Å². The van der Waals surface area contributed by atoms with Crippen molar-refractivity contribution in [3.05, 3.63) is 84.9 Å². The second kappa shape index (κ2) is 9.03. The second-order valence-electron chi connectivity index (χ2n) is 5.78. The van der Waals surface area contributed by atoms with Gasteiger partial charge in [0.15, 0.2) is 5.75 Å². The number of rotatable bonds is 8. The van der Waals surface area contributed by atoms with Crippen LogP contribution in [0.25, 0.3) is 62.7 Å².